The molecular formula is C14H18BrN3O2S. The van der Waals surface area contributed by atoms with Crippen molar-refractivity contribution in [1.29, 1.82) is 5.26 Å². The number of hydrogen-bond acceptors (Lipinski definition) is 4. The highest BCUT2D eigenvalue weighted by Crippen LogP contribution is 2.19. The molecule has 0 saturated carbocycles. The van der Waals surface area contributed by atoms with Gasteiger partial charge in [0.25, 0.3) is 0 Å². The number of rotatable bonds is 5. The first-order chi connectivity index (χ1) is 10.1. The Morgan fingerprint density at radius 2 is 1.76 bits per heavy atom. The smallest absolute Gasteiger partial charge is 0.243 e. The van der Waals surface area contributed by atoms with Crippen LogP contribution in [0.2, 0.25) is 0 Å². The van der Waals surface area contributed by atoms with Crippen molar-refractivity contribution in [1.82, 2.24) is 9.21 Å². The van der Waals surface area contributed by atoms with Crippen molar-refractivity contribution < 1.29 is 8.42 Å². The maximum absolute atomic E-state index is 12.6. The first-order valence-electron chi connectivity index (χ1n) is 6.82. The van der Waals surface area contributed by atoms with E-state index in [1.807, 2.05) is 12.1 Å². The Bertz CT molecular complexity index is 602. The Morgan fingerprint density at radius 1 is 1.14 bits per heavy atom. The summed E-state index contributed by atoms with van der Waals surface area (Å²) < 4.78 is 26.6. The number of benzene rings is 1. The van der Waals surface area contributed by atoms with Crippen LogP contribution in [0.3, 0.4) is 0 Å². The lowest BCUT2D eigenvalue weighted by Crippen LogP contribution is -2.48. The largest absolute Gasteiger partial charge is 0.300 e. The molecule has 1 aliphatic rings. The number of hydrogen-bond donors (Lipinski definition) is 0. The molecule has 1 aromatic carbocycles. The summed E-state index contributed by atoms with van der Waals surface area (Å²) in [4.78, 5) is 2.47. The summed E-state index contributed by atoms with van der Waals surface area (Å²) in [6, 6.07) is 9.09. The first-order valence-corrected chi connectivity index (χ1v) is 9.38. The van der Waals surface area contributed by atoms with Crippen molar-refractivity contribution in [3.8, 4) is 6.07 Å². The highest BCUT2D eigenvalue weighted by atomic mass is 79.9. The van der Waals surface area contributed by atoms with E-state index in [1.165, 1.54) is 4.31 Å². The minimum absolute atomic E-state index is 0.345. The molecule has 0 amide bonds. The average Bonchev–Trinajstić information content (AvgIpc) is 2.53. The second kappa shape index (κ2) is 7.36. The standard InChI is InChI=1S/C14H18BrN3O2S/c15-12-13-2-4-14(5-3-13)21(19,20)18-10-8-17(9-11-18)7-1-6-16/h2-5H,1,7-12H2. The Labute approximate surface area is 134 Å². The highest BCUT2D eigenvalue weighted by Gasteiger charge is 2.28. The van der Waals surface area contributed by atoms with Crippen LogP contribution in [0, 0.1) is 11.3 Å². The van der Waals surface area contributed by atoms with Gasteiger partial charge in [0.2, 0.25) is 10.0 Å². The average molecular weight is 372 g/mol. The maximum atomic E-state index is 12.6. The van der Waals surface area contributed by atoms with Gasteiger partial charge >= 0.3 is 0 Å². The van der Waals surface area contributed by atoms with Crippen molar-refractivity contribution in [2.75, 3.05) is 32.7 Å². The molecule has 0 aliphatic carbocycles. The third-order valence-electron chi connectivity index (χ3n) is 3.59. The number of nitriles is 1. The van der Waals surface area contributed by atoms with Gasteiger partial charge in [-0.1, -0.05) is 28.1 Å². The molecule has 0 atom stereocenters. The van der Waals surface area contributed by atoms with Crippen LogP contribution in [-0.4, -0.2) is 50.3 Å². The van der Waals surface area contributed by atoms with E-state index in [9.17, 15) is 8.42 Å². The van der Waals surface area contributed by atoms with E-state index in [0.717, 1.165) is 5.56 Å². The van der Waals surface area contributed by atoms with Gasteiger partial charge < -0.3 is 0 Å². The lowest BCUT2D eigenvalue weighted by atomic mass is 10.2. The summed E-state index contributed by atoms with van der Waals surface area (Å²) >= 11 is 3.35. The Morgan fingerprint density at radius 3 is 2.29 bits per heavy atom. The van der Waals surface area contributed by atoms with Gasteiger partial charge in [-0.05, 0) is 17.7 Å². The van der Waals surface area contributed by atoms with Gasteiger partial charge in [-0.15, -0.1) is 0 Å². The molecule has 0 unspecified atom stereocenters. The summed E-state index contributed by atoms with van der Waals surface area (Å²) in [6.07, 6.45) is 0.487. The molecule has 1 aliphatic heterocycles. The van der Waals surface area contributed by atoms with Crippen molar-refractivity contribution in [3.63, 3.8) is 0 Å². The van der Waals surface area contributed by atoms with Crippen molar-refractivity contribution in [2.45, 2.75) is 16.6 Å². The van der Waals surface area contributed by atoms with E-state index >= 15 is 0 Å². The molecule has 21 heavy (non-hydrogen) atoms. The van der Waals surface area contributed by atoms with Crippen LogP contribution in [0.4, 0.5) is 0 Å². The monoisotopic (exact) mass is 371 g/mol. The number of alkyl halides is 1. The van der Waals surface area contributed by atoms with Gasteiger partial charge in [-0.3, -0.25) is 4.90 Å². The Hall–Kier alpha value is -0.940. The zero-order chi connectivity index (χ0) is 15.3. The van der Waals surface area contributed by atoms with E-state index < -0.39 is 10.0 Å². The molecule has 114 valence electrons. The van der Waals surface area contributed by atoms with E-state index in [1.54, 1.807) is 12.1 Å². The quantitative estimate of drug-likeness (QED) is 0.740. The maximum Gasteiger partial charge on any atom is 0.243 e. The van der Waals surface area contributed by atoms with Gasteiger partial charge in [0.05, 0.1) is 11.0 Å². The molecule has 1 aromatic rings. The van der Waals surface area contributed by atoms with Crippen molar-refractivity contribution >= 4 is 26.0 Å². The van der Waals surface area contributed by atoms with Gasteiger partial charge in [0, 0.05) is 44.5 Å². The van der Waals surface area contributed by atoms with Crippen LogP contribution >= 0.6 is 15.9 Å². The Kier molecular flexibility index (Phi) is 5.76. The molecule has 1 fully saturated rings. The predicted octanol–water partition coefficient (Wildman–Crippen LogP) is 1.80. The second-order valence-corrected chi connectivity index (χ2v) is 7.43. The normalized spacial score (nSPS) is 17.5. The second-order valence-electron chi connectivity index (χ2n) is 4.93. The lowest BCUT2D eigenvalue weighted by molar-refractivity contribution is 0.191. The lowest BCUT2D eigenvalue weighted by Gasteiger charge is -2.33. The topological polar surface area (TPSA) is 64.4 Å². The Balaban J connectivity index is 2.02. The number of sulfonamides is 1. The highest BCUT2D eigenvalue weighted by molar-refractivity contribution is 9.08. The zero-order valence-electron chi connectivity index (χ0n) is 11.7. The molecular weight excluding hydrogens is 354 g/mol. The van der Waals surface area contributed by atoms with Crippen LogP contribution in [-0.2, 0) is 15.4 Å². The van der Waals surface area contributed by atoms with Gasteiger partial charge in [-0.2, -0.15) is 9.57 Å². The third kappa shape index (κ3) is 4.04. The minimum Gasteiger partial charge on any atom is -0.300 e. The number of nitrogens with zero attached hydrogens (tertiary/aromatic N) is 3. The molecule has 0 bridgehead atoms. The van der Waals surface area contributed by atoms with Crippen LogP contribution < -0.4 is 0 Å². The van der Waals surface area contributed by atoms with Crippen molar-refractivity contribution in [3.05, 3.63) is 29.8 Å². The molecule has 0 radical (unpaired) electrons. The van der Waals surface area contributed by atoms with Crippen LogP contribution in [0.25, 0.3) is 0 Å². The van der Waals surface area contributed by atoms with Crippen molar-refractivity contribution in [2.24, 2.45) is 0 Å². The fourth-order valence-electron chi connectivity index (χ4n) is 2.30. The first kappa shape index (κ1) is 16.4. The molecule has 1 saturated heterocycles. The number of halogens is 1. The molecule has 1 heterocycles. The van der Waals surface area contributed by atoms with Gasteiger partial charge in [0.15, 0.2) is 0 Å². The van der Waals surface area contributed by atoms with E-state index in [-0.39, 0.29) is 0 Å². The third-order valence-corrected chi connectivity index (χ3v) is 6.15. The van der Waals surface area contributed by atoms with Gasteiger partial charge in [-0.25, -0.2) is 8.42 Å². The predicted molar refractivity (Wildman–Crippen MR) is 84.5 cm³/mol. The SMILES string of the molecule is N#CCCN1CCN(S(=O)(=O)c2ccc(CBr)cc2)CC1. The van der Waals surface area contributed by atoms with Crippen LogP contribution in [0.15, 0.2) is 29.2 Å². The number of piperazine rings is 1. The molecule has 0 spiro atoms. The summed E-state index contributed by atoms with van der Waals surface area (Å²) in [6.45, 7) is 3.03. The molecule has 0 aromatic heterocycles. The fraction of sp³-hybridized carbons (Fsp3) is 0.500. The summed E-state index contributed by atoms with van der Waals surface area (Å²) in [7, 11) is -3.40. The molecule has 5 nitrogen and oxygen atoms in total. The van der Waals surface area contributed by atoms with E-state index in [2.05, 4.69) is 26.9 Å². The summed E-state index contributed by atoms with van der Waals surface area (Å²) in [5.74, 6) is 0. The summed E-state index contributed by atoms with van der Waals surface area (Å²) in [5.41, 5.74) is 1.05. The van der Waals surface area contributed by atoms with Crippen LogP contribution in [0.5, 0.6) is 0 Å². The summed E-state index contributed by atoms with van der Waals surface area (Å²) in [5, 5.41) is 9.30. The minimum atomic E-state index is -3.40. The van der Waals surface area contributed by atoms with E-state index in [0.29, 0.717) is 49.4 Å². The van der Waals surface area contributed by atoms with Crippen LogP contribution in [0.1, 0.15) is 12.0 Å². The molecule has 2 rings (SSSR count). The van der Waals surface area contributed by atoms with E-state index in [4.69, 9.17) is 5.26 Å². The fourth-order valence-corrected chi connectivity index (χ4v) is 4.10. The zero-order valence-corrected chi connectivity index (χ0v) is 14.1. The van der Waals surface area contributed by atoms with Gasteiger partial charge in [0.1, 0.15) is 0 Å². The molecule has 0 N–H and O–H groups in total. The molecule has 7 heteroatoms.